The SMILES string of the molecule is COC(=O)c1sccc1C(=O)Nc1ccc(-c2ccccc2)cc1. The van der Waals surface area contributed by atoms with E-state index in [1.807, 2.05) is 54.6 Å². The molecule has 1 aromatic heterocycles. The highest BCUT2D eigenvalue weighted by molar-refractivity contribution is 7.12. The summed E-state index contributed by atoms with van der Waals surface area (Å²) in [5.41, 5.74) is 3.17. The van der Waals surface area contributed by atoms with Crippen molar-refractivity contribution in [2.45, 2.75) is 0 Å². The Bertz CT molecular complexity index is 854. The first-order valence-electron chi connectivity index (χ1n) is 7.31. The normalized spacial score (nSPS) is 10.2. The second kappa shape index (κ2) is 7.10. The molecule has 1 N–H and O–H groups in total. The van der Waals surface area contributed by atoms with Crippen molar-refractivity contribution >= 4 is 28.9 Å². The number of benzene rings is 2. The Morgan fingerprint density at radius 1 is 0.917 bits per heavy atom. The summed E-state index contributed by atoms with van der Waals surface area (Å²) in [6.45, 7) is 0. The second-order valence-electron chi connectivity index (χ2n) is 5.05. The average molecular weight is 337 g/mol. The molecule has 0 bridgehead atoms. The number of hydrogen-bond donors (Lipinski definition) is 1. The van der Waals surface area contributed by atoms with Crippen molar-refractivity contribution < 1.29 is 14.3 Å². The first kappa shape index (κ1) is 16.0. The van der Waals surface area contributed by atoms with E-state index in [2.05, 4.69) is 5.32 Å². The van der Waals surface area contributed by atoms with Gasteiger partial charge in [0.25, 0.3) is 5.91 Å². The summed E-state index contributed by atoms with van der Waals surface area (Å²) >= 11 is 1.19. The molecule has 0 saturated carbocycles. The van der Waals surface area contributed by atoms with Crippen molar-refractivity contribution in [2.75, 3.05) is 12.4 Å². The lowest BCUT2D eigenvalue weighted by Gasteiger charge is -2.07. The predicted molar refractivity (Wildman–Crippen MR) is 95.5 cm³/mol. The van der Waals surface area contributed by atoms with Crippen LogP contribution in [-0.2, 0) is 4.74 Å². The standard InChI is InChI=1S/C19H15NO3S/c1-23-19(22)17-16(11-12-24-17)18(21)20-15-9-7-14(8-10-15)13-5-3-2-4-6-13/h2-12H,1H3,(H,20,21). The zero-order valence-corrected chi connectivity index (χ0v) is 13.8. The van der Waals surface area contributed by atoms with Gasteiger partial charge in [-0.1, -0.05) is 42.5 Å². The van der Waals surface area contributed by atoms with Crippen LogP contribution in [0.3, 0.4) is 0 Å². The molecule has 4 nitrogen and oxygen atoms in total. The van der Waals surface area contributed by atoms with Gasteiger partial charge in [0.1, 0.15) is 4.88 Å². The molecule has 2 aromatic carbocycles. The van der Waals surface area contributed by atoms with Crippen LogP contribution in [0.4, 0.5) is 5.69 Å². The highest BCUT2D eigenvalue weighted by Crippen LogP contribution is 2.23. The topological polar surface area (TPSA) is 55.4 Å². The van der Waals surface area contributed by atoms with Crippen LogP contribution in [0.1, 0.15) is 20.0 Å². The molecule has 0 saturated heterocycles. The molecular formula is C19H15NO3S. The Kier molecular flexibility index (Phi) is 4.72. The molecule has 0 atom stereocenters. The number of thiophene rings is 1. The summed E-state index contributed by atoms with van der Waals surface area (Å²) < 4.78 is 4.69. The van der Waals surface area contributed by atoms with Gasteiger partial charge in [-0.05, 0) is 34.7 Å². The summed E-state index contributed by atoms with van der Waals surface area (Å²) in [5.74, 6) is -0.835. The number of hydrogen-bond acceptors (Lipinski definition) is 4. The van der Waals surface area contributed by atoms with E-state index in [-0.39, 0.29) is 5.91 Å². The molecule has 0 radical (unpaired) electrons. The number of rotatable bonds is 4. The van der Waals surface area contributed by atoms with Crippen LogP contribution in [0.5, 0.6) is 0 Å². The van der Waals surface area contributed by atoms with Crippen LogP contribution in [0.2, 0.25) is 0 Å². The van der Waals surface area contributed by atoms with Gasteiger partial charge in [-0.3, -0.25) is 4.79 Å². The van der Waals surface area contributed by atoms with Gasteiger partial charge in [-0.15, -0.1) is 11.3 Å². The summed E-state index contributed by atoms with van der Waals surface area (Å²) in [6, 6.07) is 19.2. The third-order valence-electron chi connectivity index (χ3n) is 3.53. The van der Waals surface area contributed by atoms with Gasteiger partial charge in [0.15, 0.2) is 0 Å². The molecule has 0 unspecified atom stereocenters. The molecule has 0 aliphatic carbocycles. The fourth-order valence-corrected chi connectivity index (χ4v) is 3.12. The van der Waals surface area contributed by atoms with Crippen molar-refractivity contribution in [1.29, 1.82) is 0 Å². The van der Waals surface area contributed by atoms with E-state index >= 15 is 0 Å². The molecule has 3 aromatic rings. The maximum Gasteiger partial charge on any atom is 0.348 e. The lowest BCUT2D eigenvalue weighted by molar-refractivity contribution is 0.0603. The van der Waals surface area contributed by atoms with E-state index in [1.54, 1.807) is 11.4 Å². The van der Waals surface area contributed by atoms with Crippen molar-refractivity contribution in [2.24, 2.45) is 0 Å². The Hall–Kier alpha value is -2.92. The van der Waals surface area contributed by atoms with E-state index in [0.717, 1.165) is 11.1 Å². The molecular weight excluding hydrogens is 322 g/mol. The zero-order valence-electron chi connectivity index (χ0n) is 13.0. The predicted octanol–water partition coefficient (Wildman–Crippen LogP) is 4.45. The van der Waals surface area contributed by atoms with Crippen molar-refractivity contribution in [3.05, 3.63) is 76.5 Å². The number of nitrogens with one attached hydrogen (secondary N) is 1. The van der Waals surface area contributed by atoms with Crippen molar-refractivity contribution in [3.63, 3.8) is 0 Å². The van der Waals surface area contributed by atoms with Crippen LogP contribution in [0.15, 0.2) is 66.0 Å². The largest absolute Gasteiger partial charge is 0.465 e. The van der Waals surface area contributed by atoms with E-state index in [4.69, 9.17) is 4.74 Å². The van der Waals surface area contributed by atoms with E-state index in [0.29, 0.717) is 16.1 Å². The van der Waals surface area contributed by atoms with Gasteiger partial charge >= 0.3 is 5.97 Å². The van der Waals surface area contributed by atoms with Crippen LogP contribution in [0, 0.1) is 0 Å². The van der Waals surface area contributed by atoms with Crippen LogP contribution in [0.25, 0.3) is 11.1 Å². The minimum Gasteiger partial charge on any atom is -0.465 e. The number of carbonyl (C=O) groups excluding carboxylic acids is 2. The van der Waals surface area contributed by atoms with Crippen molar-refractivity contribution in [3.8, 4) is 11.1 Å². The smallest absolute Gasteiger partial charge is 0.348 e. The molecule has 0 aliphatic heterocycles. The average Bonchev–Trinajstić information content (AvgIpc) is 3.12. The highest BCUT2D eigenvalue weighted by atomic mass is 32.1. The van der Waals surface area contributed by atoms with Gasteiger partial charge in [0.2, 0.25) is 0 Å². The molecule has 5 heteroatoms. The van der Waals surface area contributed by atoms with Crippen molar-refractivity contribution in [1.82, 2.24) is 0 Å². The number of carbonyl (C=O) groups is 2. The molecule has 120 valence electrons. The first-order chi connectivity index (χ1) is 11.7. The Morgan fingerprint density at radius 3 is 2.25 bits per heavy atom. The molecule has 1 amide bonds. The van der Waals surface area contributed by atoms with Gasteiger partial charge in [0, 0.05) is 5.69 Å². The maximum absolute atomic E-state index is 12.4. The van der Waals surface area contributed by atoms with Gasteiger partial charge in [-0.2, -0.15) is 0 Å². The molecule has 0 aliphatic rings. The molecule has 3 rings (SSSR count). The van der Waals surface area contributed by atoms with Gasteiger partial charge in [-0.25, -0.2) is 4.79 Å². The summed E-state index contributed by atoms with van der Waals surface area (Å²) in [6.07, 6.45) is 0. The van der Waals surface area contributed by atoms with Crippen LogP contribution >= 0.6 is 11.3 Å². The molecule has 24 heavy (non-hydrogen) atoms. The third kappa shape index (κ3) is 3.36. The second-order valence-corrected chi connectivity index (χ2v) is 5.97. The van der Waals surface area contributed by atoms with E-state index in [9.17, 15) is 9.59 Å². The fraction of sp³-hybridized carbons (Fsp3) is 0.0526. The molecule has 0 fully saturated rings. The number of methoxy groups -OCH3 is 1. The van der Waals surface area contributed by atoms with E-state index < -0.39 is 5.97 Å². The lowest BCUT2D eigenvalue weighted by atomic mass is 10.1. The number of anilines is 1. The summed E-state index contributed by atoms with van der Waals surface area (Å²) in [4.78, 5) is 24.3. The minimum atomic E-state index is -0.505. The minimum absolute atomic E-state index is 0.302. The fourth-order valence-electron chi connectivity index (χ4n) is 2.31. The molecule has 1 heterocycles. The van der Waals surface area contributed by atoms with E-state index in [1.165, 1.54) is 18.4 Å². The highest BCUT2D eigenvalue weighted by Gasteiger charge is 2.19. The zero-order chi connectivity index (χ0) is 16.9. The third-order valence-corrected chi connectivity index (χ3v) is 4.42. The number of ether oxygens (including phenoxy) is 1. The summed E-state index contributed by atoms with van der Waals surface area (Å²) in [5, 5.41) is 4.50. The van der Waals surface area contributed by atoms with Gasteiger partial charge < -0.3 is 10.1 Å². The molecule has 0 spiro atoms. The number of amides is 1. The Balaban J connectivity index is 1.76. The maximum atomic E-state index is 12.4. The van der Waals surface area contributed by atoms with Gasteiger partial charge in [0.05, 0.1) is 12.7 Å². The monoisotopic (exact) mass is 337 g/mol. The van der Waals surface area contributed by atoms with Crippen LogP contribution in [-0.4, -0.2) is 19.0 Å². The van der Waals surface area contributed by atoms with Crippen LogP contribution < -0.4 is 5.32 Å². The first-order valence-corrected chi connectivity index (χ1v) is 8.19. The quantitative estimate of drug-likeness (QED) is 0.715. The Labute approximate surface area is 143 Å². The lowest BCUT2D eigenvalue weighted by Crippen LogP contribution is -2.15. The summed E-state index contributed by atoms with van der Waals surface area (Å²) in [7, 11) is 1.30. The number of esters is 1. The Morgan fingerprint density at radius 2 is 1.58 bits per heavy atom.